The minimum absolute atomic E-state index is 0.312. The Bertz CT molecular complexity index is 760. The second-order valence-electron chi connectivity index (χ2n) is 4.00. The third-order valence-electron chi connectivity index (χ3n) is 2.64. The number of nitrogens with two attached hydrogens (primary N) is 1. The van der Waals surface area contributed by atoms with E-state index in [1.807, 2.05) is 0 Å². The Hall–Kier alpha value is -1.42. The molecular weight excluding hydrogens is 307 g/mol. The minimum Gasteiger partial charge on any atom is -0.436 e. The maximum atomic E-state index is 5.99. The Morgan fingerprint density at radius 1 is 1.00 bits per heavy atom. The lowest BCUT2D eigenvalue weighted by atomic mass is 10.2. The second-order valence-corrected chi connectivity index (χ2v) is 5.19. The summed E-state index contributed by atoms with van der Waals surface area (Å²) in [6.07, 6.45) is 0. The third kappa shape index (κ3) is 2.25. The molecule has 0 fully saturated rings. The highest BCUT2D eigenvalue weighted by molar-refractivity contribution is 6.48. The molecule has 1 aromatic heterocycles. The predicted molar refractivity (Wildman–Crippen MR) is 78.9 cm³/mol. The van der Waals surface area contributed by atoms with Crippen molar-refractivity contribution in [2.45, 2.75) is 0 Å². The number of nitrogen functional groups attached to an aromatic ring is 1. The topological polar surface area (TPSA) is 52.0 Å². The highest BCUT2D eigenvalue weighted by Crippen LogP contribution is 2.35. The minimum atomic E-state index is 0.312. The van der Waals surface area contributed by atoms with E-state index in [1.165, 1.54) is 0 Å². The molecule has 0 bridgehead atoms. The van der Waals surface area contributed by atoms with Crippen LogP contribution in [0, 0.1) is 0 Å². The molecule has 0 saturated carbocycles. The molecule has 0 amide bonds. The SMILES string of the molecule is Nc1ccc2oc(-c3cc(Cl)c(Cl)c(Cl)c3)nc2c1. The van der Waals surface area contributed by atoms with Crippen molar-refractivity contribution in [1.29, 1.82) is 0 Å². The van der Waals surface area contributed by atoms with Crippen LogP contribution in [0.1, 0.15) is 0 Å². The van der Waals surface area contributed by atoms with E-state index in [1.54, 1.807) is 30.3 Å². The molecule has 96 valence electrons. The molecule has 0 saturated heterocycles. The van der Waals surface area contributed by atoms with Crippen molar-refractivity contribution in [2.24, 2.45) is 0 Å². The molecule has 0 aliphatic carbocycles. The molecule has 3 aromatic rings. The highest BCUT2D eigenvalue weighted by atomic mass is 35.5. The van der Waals surface area contributed by atoms with Crippen molar-refractivity contribution in [1.82, 2.24) is 4.98 Å². The van der Waals surface area contributed by atoms with Crippen molar-refractivity contribution >= 4 is 51.6 Å². The smallest absolute Gasteiger partial charge is 0.227 e. The van der Waals surface area contributed by atoms with Gasteiger partial charge in [0.05, 0.1) is 15.1 Å². The first-order chi connectivity index (χ1) is 9.04. The molecule has 0 aliphatic heterocycles. The molecule has 3 nitrogen and oxygen atoms in total. The second kappa shape index (κ2) is 4.60. The van der Waals surface area contributed by atoms with Crippen molar-refractivity contribution in [3.05, 3.63) is 45.4 Å². The quantitative estimate of drug-likeness (QED) is 0.506. The van der Waals surface area contributed by atoms with Gasteiger partial charge in [0, 0.05) is 11.3 Å². The maximum Gasteiger partial charge on any atom is 0.227 e. The number of rotatable bonds is 1. The molecule has 0 aliphatic rings. The van der Waals surface area contributed by atoms with Gasteiger partial charge in [-0.3, -0.25) is 0 Å². The number of benzene rings is 2. The van der Waals surface area contributed by atoms with Gasteiger partial charge in [-0.1, -0.05) is 34.8 Å². The van der Waals surface area contributed by atoms with Crippen LogP contribution in [-0.4, -0.2) is 4.98 Å². The van der Waals surface area contributed by atoms with E-state index in [-0.39, 0.29) is 0 Å². The number of fused-ring (bicyclic) bond motifs is 1. The van der Waals surface area contributed by atoms with Gasteiger partial charge in [0.15, 0.2) is 5.58 Å². The number of halogens is 3. The Labute approximate surface area is 123 Å². The zero-order chi connectivity index (χ0) is 13.6. The first kappa shape index (κ1) is 12.6. The average Bonchev–Trinajstić information content (AvgIpc) is 2.78. The van der Waals surface area contributed by atoms with Gasteiger partial charge in [-0.25, -0.2) is 4.98 Å². The summed E-state index contributed by atoms with van der Waals surface area (Å²) < 4.78 is 5.63. The molecule has 1 heterocycles. The number of nitrogens with zero attached hydrogens (tertiary/aromatic N) is 1. The molecule has 19 heavy (non-hydrogen) atoms. The number of anilines is 1. The van der Waals surface area contributed by atoms with Crippen LogP contribution in [0.2, 0.25) is 15.1 Å². The predicted octanol–water partition coefficient (Wildman–Crippen LogP) is 5.04. The van der Waals surface area contributed by atoms with Crippen LogP contribution in [0.5, 0.6) is 0 Å². The number of hydrogen-bond donors (Lipinski definition) is 1. The van der Waals surface area contributed by atoms with Crippen LogP contribution in [-0.2, 0) is 0 Å². The summed E-state index contributed by atoms with van der Waals surface area (Å²) in [6, 6.07) is 8.56. The number of aromatic nitrogens is 1. The summed E-state index contributed by atoms with van der Waals surface area (Å²) in [4.78, 5) is 4.35. The van der Waals surface area contributed by atoms with Crippen molar-refractivity contribution in [3.63, 3.8) is 0 Å². The molecule has 0 atom stereocenters. The van der Waals surface area contributed by atoms with E-state index in [4.69, 9.17) is 45.0 Å². The van der Waals surface area contributed by atoms with E-state index in [0.29, 0.717) is 43.3 Å². The van der Waals surface area contributed by atoms with Gasteiger partial charge in [0.25, 0.3) is 0 Å². The van der Waals surface area contributed by atoms with Gasteiger partial charge in [-0.2, -0.15) is 0 Å². The van der Waals surface area contributed by atoms with Gasteiger partial charge in [0.1, 0.15) is 5.52 Å². The first-order valence-electron chi connectivity index (χ1n) is 5.35. The summed E-state index contributed by atoms with van der Waals surface area (Å²) in [7, 11) is 0. The van der Waals surface area contributed by atoms with Crippen LogP contribution in [0.15, 0.2) is 34.7 Å². The monoisotopic (exact) mass is 312 g/mol. The summed E-state index contributed by atoms with van der Waals surface area (Å²) >= 11 is 17.9. The zero-order valence-corrected chi connectivity index (χ0v) is 11.7. The largest absolute Gasteiger partial charge is 0.436 e. The highest BCUT2D eigenvalue weighted by Gasteiger charge is 2.12. The Balaban J connectivity index is 2.19. The van der Waals surface area contributed by atoms with E-state index < -0.39 is 0 Å². The Kier molecular flexibility index (Phi) is 3.05. The number of hydrogen-bond acceptors (Lipinski definition) is 3. The maximum absolute atomic E-state index is 5.99. The summed E-state index contributed by atoms with van der Waals surface area (Å²) in [6.45, 7) is 0. The average molecular weight is 314 g/mol. The van der Waals surface area contributed by atoms with Crippen LogP contribution in [0.4, 0.5) is 5.69 Å². The van der Waals surface area contributed by atoms with Crippen LogP contribution >= 0.6 is 34.8 Å². The van der Waals surface area contributed by atoms with Gasteiger partial charge < -0.3 is 10.2 Å². The molecule has 6 heteroatoms. The van der Waals surface area contributed by atoms with E-state index in [9.17, 15) is 0 Å². The van der Waals surface area contributed by atoms with Crippen molar-refractivity contribution in [3.8, 4) is 11.5 Å². The van der Waals surface area contributed by atoms with Crippen molar-refractivity contribution < 1.29 is 4.42 Å². The summed E-state index contributed by atoms with van der Waals surface area (Å²) in [5.74, 6) is 0.418. The number of oxazole rings is 1. The van der Waals surface area contributed by atoms with Crippen LogP contribution in [0.25, 0.3) is 22.6 Å². The Morgan fingerprint density at radius 3 is 2.37 bits per heavy atom. The molecular formula is C13H7Cl3N2O. The first-order valence-corrected chi connectivity index (χ1v) is 6.49. The van der Waals surface area contributed by atoms with Gasteiger partial charge in [0.2, 0.25) is 5.89 Å². The molecule has 2 aromatic carbocycles. The molecule has 0 spiro atoms. The van der Waals surface area contributed by atoms with E-state index in [2.05, 4.69) is 4.98 Å². The van der Waals surface area contributed by atoms with Crippen LogP contribution < -0.4 is 5.73 Å². The Morgan fingerprint density at radius 2 is 1.68 bits per heavy atom. The lowest BCUT2D eigenvalue weighted by molar-refractivity contribution is 0.620. The molecule has 0 unspecified atom stereocenters. The summed E-state index contributed by atoms with van der Waals surface area (Å²) in [5.41, 5.74) is 8.31. The zero-order valence-electron chi connectivity index (χ0n) is 9.45. The lowest BCUT2D eigenvalue weighted by Crippen LogP contribution is -1.82. The van der Waals surface area contributed by atoms with Gasteiger partial charge >= 0.3 is 0 Å². The summed E-state index contributed by atoms with van der Waals surface area (Å²) in [5, 5.41) is 1.02. The molecule has 3 rings (SSSR count). The standard InChI is InChI=1S/C13H7Cl3N2O/c14-8-3-6(4-9(15)12(8)16)13-18-10-5-7(17)1-2-11(10)19-13/h1-5H,17H2. The van der Waals surface area contributed by atoms with Gasteiger partial charge in [-0.15, -0.1) is 0 Å². The fourth-order valence-electron chi connectivity index (χ4n) is 1.75. The fraction of sp³-hybridized carbons (Fsp3) is 0. The fourth-order valence-corrected chi connectivity index (χ4v) is 2.34. The van der Waals surface area contributed by atoms with E-state index in [0.717, 1.165) is 0 Å². The van der Waals surface area contributed by atoms with Crippen LogP contribution in [0.3, 0.4) is 0 Å². The normalized spacial score (nSPS) is 11.1. The molecule has 2 N–H and O–H groups in total. The third-order valence-corrected chi connectivity index (χ3v) is 3.84. The lowest BCUT2D eigenvalue weighted by Gasteiger charge is -2.01. The molecule has 0 radical (unpaired) electrons. The van der Waals surface area contributed by atoms with Gasteiger partial charge in [-0.05, 0) is 30.3 Å². The van der Waals surface area contributed by atoms with E-state index >= 15 is 0 Å². The van der Waals surface area contributed by atoms with Crippen molar-refractivity contribution in [2.75, 3.05) is 5.73 Å².